The summed E-state index contributed by atoms with van der Waals surface area (Å²) in [5, 5.41) is 2.99. The maximum atomic E-state index is 11.8. The van der Waals surface area contributed by atoms with E-state index in [9.17, 15) is 4.79 Å². The molecular formula is C13H26ClNO. The third kappa shape index (κ3) is 6.37. The van der Waals surface area contributed by atoms with Gasteiger partial charge in [-0.15, -0.1) is 11.6 Å². The monoisotopic (exact) mass is 247 g/mol. The Bertz CT molecular complexity index is 194. The third-order valence-corrected chi connectivity index (χ3v) is 3.62. The van der Waals surface area contributed by atoms with E-state index in [4.69, 9.17) is 11.6 Å². The van der Waals surface area contributed by atoms with Crippen molar-refractivity contribution in [3.05, 3.63) is 0 Å². The SMILES string of the molecule is CCCCC(CC)C(=O)NCC(Cl)C(C)C. The van der Waals surface area contributed by atoms with Crippen LogP contribution in [0.5, 0.6) is 0 Å². The quantitative estimate of drug-likeness (QED) is 0.653. The topological polar surface area (TPSA) is 29.1 Å². The zero-order valence-electron chi connectivity index (χ0n) is 11.1. The highest BCUT2D eigenvalue weighted by molar-refractivity contribution is 6.21. The lowest BCUT2D eigenvalue weighted by atomic mass is 9.98. The Labute approximate surface area is 105 Å². The molecule has 0 aliphatic heterocycles. The third-order valence-electron chi connectivity index (χ3n) is 2.96. The lowest BCUT2D eigenvalue weighted by Crippen LogP contribution is -2.36. The van der Waals surface area contributed by atoms with Crippen LogP contribution in [0.3, 0.4) is 0 Å². The van der Waals surface area contributed by atoms with Crippen LogP contribution in [-0.4, -0.2) is 17.8 Å². The molecule has 0 spiro atoms. The van der Waals surface area contributed by atoms with Gasteiger partial charge in [0.25, 0.3) is 0 Å². The standard InChI is InChI=1S/C13H26ClNO/c1-5-7-8-11(6-2)13(16)15-9-12(14)10(3)4/h10-12H,5-9H2,1-4H3,(H,15,16). The molecule has 0 radical (unpaired) electrons. The maximum absolute atomic E-state index is 11.8. The average Bonchev–Trinajstić information content (AvgIpc) is 2.26. The summed E-state index contributed by atoms with van der Waals surface area (Å²) in [5.41, 5.74) is 0. The average molecular weight is 248 g/mol. The Kier molecular flexibility index (Phi) is 8.73. The fourth-order valence-corrected chi connectivity index (χ4v) is 1.63. The first kappa shape index (κ1) is 15.8. The molecule has 2 unspecified atom stereocenters. The van der Waals surface area contributed by atoms with Crippen molar-refractivity contribution in [1.82, 2.24) is 5.32 Å². The van der Waals surface area contributed by atoms with Gasteiger partial charge in [-0.05, 0) is 18.8 Å². The molecule has 0 aliphatic rings. The summed E-state index contributed by atoms with van der Waals surface area (Å²) in [5.74, 6) is 0.732. The van der Waals surface area contributed by atoms with E-state index in [2.05, 4.69) is 33.0 Å². The van der Waals surface area contributed by atoms with Crippen LogP contribution in [0.4, 0.5) is 0 Å². The van der Waals surface area contributed by atoms with Crippen molar-refractivity contribution >= 4 is 17.5 Å². The molecule has 2 atom stereocenters. The van der Waals surface area contributed by atoms with Crippen molar-refractivity contribution in [2.24, 2.45) is 11.8 Å². The first-order valence-corrected chi connectivity index (χ1v) is 6.88. The predicted octanol–water partition coefficient (Wildman–Crippen LogP) is 3.58. The van der Waals surface area contributed by atoms with Crippen molar-refractivity contribution in [2.45, 2.75) is 58.8 Å². The molecule has 16 heavy (non-hydrogen) atoms. The van der Waals surface area contributed by atoms with Crippen LogP contribution in [0.15, 0.2) is 0 Å². The van der Waals surface area contributed by atoms with E-state index in [1.165, 1.54) is 0 Å². The van der Waals surface area contributed by atoms with Crippen LogP contribution in [0.25, 0.3) is 0 Å². The van der Waals surface area contributed by atoms with Crippen molar-refractivity contribution in [2.75, 3.05) is 6.54 Å². The zero-order chi connectivity index (χ0) is 12.6. The van der Waals surface area contributed by atoms with Gasteiger partial charge in [-0.25, -0.2) is 0 Å². The molecule has 0 fully saturated rings. The van der Waals surface area contributed by atoms with Crippen molar-refractivity contribution in [3.63, 3.8) is 0 Å². The van der Waals surface area contributed by atoms with Gasteiger partial charge in [0.15, 0.2) is 0 Å². The number of hydrogen-bond donors (Lipinski definition) is 1. The normalized spacial score (nSPS) is 14.9. The summed E-state index contributed by atoms with van der Waals surface area (Å²) in [4.78, 5) is 11.8. The predicted molar refractivity (Wildman–Crippen MR) is 70.8 cm³/mol. The van der Waals surface area contributed by atoms with Gasteiger partial charge in [-0.2, -0.15) is 0 Å². The Morgan fingerprint density at radius 2 is 1.94 bits per heavy atom. The minimum absolute atomic E-state index is 0.0348. The summed E-state index contributed by atoms with van der Waals surface area (Å²) >= 11 is 6.10. The van der Waals surface area contributed by atoms with Gasteiger partial charge >= 0.3 is 0 Å². The molecule has 0 heterocycles. The molecule has 0 saturated carbocycles. The number of carbonyl (C=O) groups excluding carboxylic acids is 1. The molecule has 0 aliphatic carbocycles. The van der Waals surface area contributed by atoms with E-state index in [0.29, 0.717) is 12.5 Å². The van der Waals surface area contributed by atoms with Crippen LogP contribution < -0.4 is 5.32 Å². The fraction of sp³-hybridized carbons (Fsp3) is 0.923. The Hall–Kier alpha value is -0.240. The van der Waals surface area contributed by atoms with Crippen LogP contribution in [-0.2, 0) is 4.79 Å². The van der Waals surface area contributed by atoms with Crippen LogP contribution in [0, 0.1) is 11.8 Å². The minimum atomic E-state index is 0.0348. The molecule has 3 heteroatoms. The van der Waals surface area contributed by atoms with E-state index >= 15 is 0 Å². The van der Waals surface area contributed by atoms with E-state index in [-0.39, 0.29) is 17.2 Å². The molecule has 0 bridgehead atoms. The number of unbranched alkanes of at least 4 members (excludes halogenated alkanes) is 1. The number of halogens is 1. The summed E-state index contributed by atoms with van der Waals surface area (Å²) in [6.07, 6.45) is 4.18. The number of carbonyl (C=O) groups is 1. The number of rotatable bonds is 8. The second kappa shape index (κ2) is 8.86. The fourth-order valence-electron chi connectivity index (χ4n) is 1.55. The van der Waals surface area contributed by atoms with Gasteiger partial charge in [-0.3, -0.25) is 4.79 Å². The molecule has 2 nitrogen and oxygen atoms in total. The van der Waals surface area contributed by atoms with Crippen LogP contribution in [0.1, 0.15) is 53.4 Å². The van der Waals surface area contributed by atoms with Gasteiger partial charge in [-0.1, -0.05) is 40.5 Å². The molecular weight excluding hydrogens is 222 g/mol. The zero-order valence-corrected chi connectivity index (χ0v) is 11.8. The Balaban J connectivity index is 3.92. The van der Waals surface area contributed by atoms with Crippen molar-refractivity contribution in [1.29, 1.82) is 0 Å². The second-order valence-corrected chi connectivity index (χ2v) is 5.31. The van der Waals surface area contributed by atoms with Gasteiger partial charge in [0, 0.05) is 12.5 Å². The molecule has 0 saturated heterocycles. The highest BCUT2D eigenvalue weighted by atomic mass is 35.5. The van der Waals surface area contributed by atoms with E-state index < -0.39 is 0 Å². The van der Waals surface area contributed by atoms with E-state index in [1.54, 1.807) is 0 Å². The molecule has 0 aromatic rings. The van der Waals surface area contributed by atoms with Gasteiger partial charge < -0.3 is 5.32 Å². The Morgan fingerprint density at radius 3 is 2.38 bits per heavy atom. The minimum Gasteiger partial charge on any atom is -0.354 e. The molecule has 0 aromatic carbocycles. The first-order chi connectivity index (χ1) is 7.52. The van der Waals surface area contributed by atoms with Crippen molar-refractivity contribution < 1.29 is 4.79 Å². The van der Waals surface area contributed by atoms with E-state index in [1.807, 2.05) is 0 Å². The molecule has 1 N–H and O–H groups in total. The van der Waals surface area contributed by atoms with Crippen LogP contribution >= 0.6 is 11.6 Å². The number of amides is 1. The number of alkyl halides is 1. The summed E-state index contributed by atoms with van der Waals surface area (Å²) < 4.78 is 0. The smallest absolute Gasteiger partial charge is 0.223 e. The largest absolute Gasteiger partial charge is 0.354 e. The van der Waals surface area contributed by atoms with Crippen LogP contribution in [0.2, 0.25) is 0 Å². The first-order valence-electron chi connectivity index (χ1n) is 6.44. The second-order valence-electron chi connectivity index (χ2n) is 4.75. The summed E-state index contributed by atoms with van der Waals surface area (Å²) in [7, 11) is 0. The Morgan fingerprint density at radius 1 is 1.31 bits per heavy atom. The molecule has 96 valence electrons. The molecule has 0 rings (SSSR count). The van der Waals surface area contributed by atoms with Crippen molar-refractivity contribution in [3.8, 4) is 0 Å². The number of hydrogen-bond acceptors (Lipinski definition) is 1. The van der Waals surface area contributed by atoms with Gasteiger partial charge in [0.2, 0.25) is 5.91 Å². The molecule has 0 aromatic heterocycles. The highest BCUT2D eigenvalue weighted by Gasteiger charge is 2.17. The van der Waals surface area contributed by atoms with Gasteiger partial charge in [0.1, 0.15) is 0 Å². The summed E-state index contributed by atoms with van der Waals surface area (Å²) in [6, 6.07) is 0. The van der Waals surface area contributed by atoms with E-state index in [0.717, 1.165) is 25.7 Å². The summed E-state index contributed by atoms with van der Waals surface area (Å²) in [6.45, 7) is 8.94. The molecule has 1 amide bonds. The number of nitrogens with one attached hydrogen (secondary N) is 1. The maximum Gasteiger partial charge on any atom is 0.223 e. The van der Waals surface area contributed by atoms with Gasteiger partial charge in [0.05, 0.1) is 5.38 Å². The lowest BCUT2D eigenvalue weighted by Gasteiger charge is -2.18. The highest BCUT2D eigenvalue weighted by Crippen LogP contribution is 2.13. The lowest BCUT2D eigenvalue weighted by molar-refractivity contribution is -0.125.